The Hall–Kier alpha value is -5.20. The summed E-state index contributed by atoms with van der Waals surface area (Å²) in [4.78, 5) is 0. The van der Waals surface area contributed by atoms with Crippen LogP contribution in [0.5, 0.6) is 0 Å². The Morgan fingerprint density at radius 3 is 1.00 bits per heavy atom. The maximum atomic E-state index is 2.39. The number of hydrogen-bond donors (Lipinski definition) is 0. The van der Waals surface area contributed by atoms with Crippen molar-refractivity contribution in [3.05, 3.63) is 156 Å². The number of fused-ring (bicyclic) bond motifs is 16. The minimum Gasteiger partial charge on any atom is -0.0616 e. The fourth-order valence-electron chi connectivity index (χ4n) is 8.69. The van der Waals surface area contributed by atoms with Gasteiger partial charge in [-0.3, -0.25) is 0 Å². The van der Waals surface area contributed by atoms with Crippen molar-refractivity contribution in [2.75, 3.05) is 0 Å². The maximum absolute atomic E-state index is 2.39. The van der Waals surface area contributed by atoms with E-state index in [1.54, 1.807) is 0 Å². The van der Waals surface area contributed by atoms with Crippen LogP contribution in [-0.2, 0) is 25.7 Å². The molecule has 0 heterocycles. The van der Waals surface area contributed by atoms with Gasteiger partial charge in [-0.05, 0) is 124 Å². The van der Waals surface area contributed by atoms with Crippen molar-refractivity contribution < 1.29 is 0 Å². The molecule has 0 nitrogen and oxygen atoms in total. The molecule has 8 aromatic rings. The lowest BCUT2D eigenvalue weighted by atomic mass is 9.74. The monoisotopic (exact) mass is 558 g/mol. The van der Waals surface area contributed by atoms with Crippen molar-refractivity contribution in [3.63, 3.8) is 0 Å². The molecule has 0 unspecified atom stereocenters. The third kappa shape index (κ3) is 3.23. The fraction of sp³-hybridized carbons (Fsp3) is 0.0909. The van der Waals surface area contributed by atoms with Crippen molar-refractivity contribution in [2.45, 2.75) is 25.7 Å². The lowest BCUT2D eigenvalue weighted by Gasteiger charge is -2.30. The molecule has 0 saturated heterocycles. The Balaban J connectivity index is 1.34. The molecule has 2 aliphatic rings. The molecular formula is C44H30. The fourth-order valence-corrected chi connectivity index (χ4v) is 8.69. The minimum absolute atomic E-state index is 1.07. The van der Waals surface area contributed by atoms with Crippen LogP contribution < -0.4 is 0 Å². The molecule has 0 N–H and O–H groups in total. The van der Waals surface area contributed by atoms with Gasteiger partial charge in [-0.15, -0.1) is 0 Å². The summed E-state index contributed by atoms with van der Waals surface area (Å²) in [5, 5.41) is 11.0. The van der Waals surface area contributed by atoms with Gasteiger partial charge < -0.3 is 0 Å². The molecule has 0 amide bonds. The molecular weight excluding hydrogens is 528 g/mol. The Morgan fingerprint density at radius 2 is 0.591 bits per heavy atom. The van der Waals surface area contributed by atoms with E-state index in [9.17, 15) is 0 Å². The van der Waals surface area contributed by atoms with Crippen molar-refractivity contribution in [1.29, 1.82) is 0 Å². The molecule has 8 aromatic carbocycles. The zero-order chi connectivity index (χ0) is 28.8. The third-order valence-corrected chi connectivity index (χ3v) is 10.5. The van der Waals surface area contributed by atoms with E-state index in [4.69, 9.17) is 0 Å². The van der Waals surface area contributed by atoms with Crippen LogP contribution in [0.4, 0.5) is 0 Å². The topological polar surface area (TPSA) is 0 Å². The van der Waals surface area contributed by atoms with E-state index in [-0.39, 0.29) is 0 Å². The predicted octanol–water partition coefficient (Wildman–Crippen LogP) is 11.5. The first-order valence-electron chi connectivity index (χ1n) is 16.0. The lowest BCUT2D eigenvalue weighted by Crippen LogP contribution is -2.09. The first-order valence-corrected chi connectivity index (χ1v) is 16.0. The second kappa shape index (κ2) is 9.15. The van der Waals surface area contributed by atoms with Gasteiger partial charge in [-0.2, -0.15) is 0 Å². The minimum atomic E-state index is 1.07. The zero-order valence-corrected chi connectivity index (χ0v) is 24.5. The maximum Gasteiger partial charge on any atom is -0.00578 e. The molecule has 0 fully saturated rings. The Bertz CT molecular complexity index is 2320. The van der Waals surface area contributed by atoms with E-state index in [2.05, 4.69) is 133 Å². The molecule has 2 aliphatic carbocycles. The summed E-state index contributed by atoms with van der Waals surface area (Å²) in [6.45, 7) is 0. The first kappa shape index (κ1) is 24.3. The van der Waals surface area contributed by atoms with Crippen molar-refractivity contribution in [3.8, 4) is 33.4 Å². The van der Waals surface area contributed by atoms with Gasteiger partial charge in [0.15, 0.2) is 0 Å². The van der Waals surface area contributed by atoms with Gasteiger partial charge in [0.1, 0.15) is 0 Å². The highest BCUT2D eigenvalue weighted by Crippen LogP contribution is 2.52. The summed E-state index contributed by atoms with van der Waals surface area (Å²) < 4.78 is 0. The highest BCUT2D eigenvalue weighted by atomic mass is 14.3. The molecule has 44 heavy (non-hydrogen) atoms. The van der Waals surface area contributed by atoms with Gasteiger partial charge in [0, 0.05) is 0 Å². The Kier molecular flexibility index (Phi) is 5.05. The van der Waals surface area contributed by atoms with Crippen molar-refractivity contribution in [1.82, 2.24) is 0 Å². The second-order valence-corrected chi connectivity index (χ2v) is 12.6. The van der Waals surface area contributed by atoms with Crippen molar-refractivity contribution >= 4 is 43.1 Å². The highest BCUT2D eigenvalue weighted by Gasteiger charge is 2.29. The standard InChI is InChI=1S/C44H30/c1-3-17-33-29(13-1)31-15-5-7-19-35(31)43-39(33)25-23-27-11-9-21-37(41(27)43)38-22-10-12-28-24-26-40-34-18-4-2-14-30(34)32-16-6-8-20-36(32)44(40)42(28)38/h1-22H,23-26H2. The van der Waals surface area contributed by atoms with Crippen molar-refractivity contribution in [2.24, 2.45) is 0 Å². The third-order valence-electron chi connectivity index (χ3n) is 10.5. The molecule has 0 bridgehead atoms. The molecule has 0 saturated carbocycles. The summed E-state index contributed by atoms with van der Waals surface area (Å²) in [5.74, 6) is 0. The van der Waals surface area contributed by atoms with Crippen LogP contribution in [0.25, 0.3) is 76.5 Å². The van der Waals surface area contributed by atoms with Gasteiger partial charge in [-0.1, -0.05) is 133 Å². The van der Waals surface area contributed by atoms with E-state index < -0.39 is 0 Å². The Labute approximate surface area is 257 Å². The predicted molar refractivity (Wildman–Crippen MR) is 188 cm³/mol. The van der Waals surface area contributed by atoms with Gasteiger partial charge in [0.05, 0.1) is 0 Å². The molecule has 0 aromatic heterocycles. The van der Waals surface area contributed by atoms with E-state index in [0.717, 1.165) is 25.7 Å². The van der Waals surface area contributed by atoms with Gasteiger partial charge >= 0.3 is 0 Å². The van der Waals surface area contributed by atoms with Gasteiger partial charge in [0.2, 0.25) is 0 Å². The smallest absolute Gasteiger partial charge is 0.00578 e. The van der Waals surface area contributed by atoms with Crippen LogP contribution in [-0.4, -0.2) is 0 Å². The summed E-state index contributed by atoms with van der Waals surface area (Å²) in [6, 6.07) is 50.3. The lowest BCUT2D eigenvalue weighted by molar-refractivity contribution is 0.951. The van der Waals surface area contributed by atoms with E-state index in [0.29, 0.717) is 0 Å². The van der Waals surface area contributed by atoms with E-state index >= 15 is 0 Å². The van der Waals surface area contributed by atoms with Crippen LogP contribution in [0.2, 0.25) is 0 Å². The molecule has 0 aliphatic heterocycles. The van der Waals surface area contributed by atoms with E-state index in [1.807, 2.05) is 0 Å². The number of rotatable bonds is 1. The van der Waals surface area contributed by atoms with Crippen LogP contribution in [0.15, 0.2) is 133 Å². The quantitative estimate of drug-likeness (QED) is 0.176. The average molecular weight is 559 g/mol. The SMILES string of the molecule is c1cc2c(c(-c3cccc4c3-c3c(c5ccccc5c5ccccc35)CC4)c1)-c1c(c3ccccc3c3ccccc13)CC2. The van der Waals surface area contributed by atoms with Crippen LogP contribution in [0.1, 0.15) is 22.3 Å². The number of aryl methyl sites for hydroxylation is 4. The number of hydrogen-bond acceptors (Lipinski definition) is 0. The summed E-state index contributed by atoms with van der Waals surface area (Å²) >= 11 is 0. The van der Waals surface area contributed by atoms with Gasteiger partial charge in [-0.25, -0.2) is 0 Å². The normalized spacial score (nSPS) is 13.5. The van der Waals surface area contributed by atoms with Crippen LogP contribution in [0.3, 0.4) is 0 Å². The molecule has 0 radical (unpaired) electrons. The Morgan fingerprint density at radius 1 is 0.250 bits per heavy atom. The number of benzene rings is 8. The zero-order valence-electron chi connectivity index (χ0n) is 24.5. The largest absolute Gasteiger partial charge is 0.0616 e. The van der Waals surface area contributed by atoms with Crippen LogP contribution >= 0.6 is 0 Å². The molecule has 0 atom stereocenters. The summed E-state index contributed by atoms with van der Waals surface area (Å²) in [7, 11) is 0. The molecule has 0 heteroatoms. The summed E-state index contributed by atoms with van der Waals surface area (Å²) in [5.41, 5.74) is 14.4. The van der Waals surface area contributed by atoms with E-state index in [1.165, 1.54) is 98.7 Å². The van der Waals surface area contributed by atoms with Gasteiger partial charge in [0.25, 0.3) is 0 Å². The molecule has 0 spiro atoms. The average Bonchev–Trinajstić information content (AvgIpc) is 3.10. The highest BCUT2D eigenvalue weighted by molar-refractivity contribution is 6.20. The second-order valence-electron chi connectivity index (χ2n) is 12.6. The van der Waals surface area contributed by atoms with Crippen LogP contribution in [0, 0.1) is 0 Å². The molecule has 10 rings (SSSR count). The summed E-state index contributed by atoms with van der Waals surface area (Å²) in [6.07, 6.45) is 4.28. The molecule has 206 valence electrons. The first-order chi connectivity index (χ1) is 21.9.